The summed E-state index contributed by atoms with van der Waals surface area (Å²) in [5, 5.41) is 3.17. The lowest BCUT2D eigenvalue weighted by atomic mass is 10.0. The van der Waals surface area contributed by atoms with Crippen molar-refractivity contribution in [2.75, 3.05) is 11.9 Å². The van der Waals surface area contributed by atoms with E-state index in [1.165, 1.54) is 0 Å². The summed E-state index contributed by atoms with van der Waals surface area (Å²) in [6.07, 6.45) is 0. The summed E-state index contributed by atoms with van der Waals surface area (Å²) in [5.74, 6) is -0.583. The summed E-state index contributed by atoms with van der Waals surface area (Å²) in [6.45, 7) is 3.79. The molecule has 0 aliphatic heterocycles. The molecule has 0 aliphatic rings. The number of hydrogen-bond acceptors (Lipinski definition) is 2. The highest BCUT2D eigenvalue weighted by atomic mass is 35.5. The standard InChI is InChI=1S/C19H21ClN2O2/c1-13(2)17(19(24)22(3)14-9-5-4-6-10-14)21-18(23)15-11-7-8-12-16(15)20/h4-13,17H,1-3H3,(H,21,23). The third-order valence-corrected chi connectivity index (χ3v) is 4.14. The maximum atomic E-state index is 12.8. The van der Waals surface area contributed by atoms with Gasteiger partial charge in [0.1, 0.15) is 6.04 Å². The number of benzene rings is 2. The van der Waals surface area contributed by atoms with Crippen molar-refractivity contribution in [3.63, 3.8) is 0 Å². The molecule has 0 aliphatic carbocycles. The van der Waals surface area contributed by atoms with Crippen molar-refractivity contribution in [3.8, 4) is 0 Å². The van der Waals surface area contributed by atoms with Crippen LogP contribution in [0.1, 0.15) is 24.2 Å². The zero-order valence-corrected chi connectivity index (χ0v) is 14.7. The fraction of sp³-hybridized carbons (Fsp3) is 0.263. The Kier molecular flexibility index (Phi) is 5.99. The quantitative estimate of drug-likeness (QED) is 0.897. The number of nitrogens with one attached hydrogen (secondary N) is 1. The van der Waals surface area contributed by atoms with E-state index in [1.807, 2.05) is 44.2 Å². The summed E-state index contributed by atoms with van der Waals surface area (Å²) in [5.41, 5.74) is 1.14. The van der Waals surface area contributed by atoms with E-state index in [9.17, 15) is 9.59 Å². The molecule has 0 bridgehead atoms. The van der Waals surface area contributed by atoms with Crippen molar-refractivity contribution in [1.29, 1.82) is 0 Å². The molecule has 2 rings (SSSR count). The monoisotopic (exact) mass is 344 g/mol. The second kappa shape index (κ2) is 7.97. The molecule has 24 heavy (non-hydrogen) atoms. The SMILES string of the molecule is CC(C)C(NC(=O)c1ccccc1Cl)C(=O)N(C)c1ccccc1. The first-order valence-corrected chi connectivity index (χ1v) is 8.17. The average Bonchev–Trinajstić information content (AvgIpc) is 2.59. The second-order valence-electron chi connectivity index (χ2n) is 5.91. The summed E-state index contributed by atoms with van der Waals surface area (Å²) >= 11 is 6.06. The van der Waals surface area contributed by atoms with Crippen LogP contribution in [0.5, 0.6) is 0 Å². The molecule has 0 saturated carbocycles. The van der Waals surface area contributed by atoms with Crippen LogP contribution < -0.4 is 10.2 Å². The van der Waals surface area contributed by atoms with Crippen LogP contribution >= 0.6 is 11.6 Å². The van der Waals surface area contributed by atoms with Crippen molar-refractivity contribution in [3.05, 3.63) is 65.2 Å². The molecule has 2 aromatic carbocycles. The Morgan fingerprint density at radius 1 is 1.00 bits per heavy atom. The summed E-state index contributed by atoms with van der Waals surface area (Å²) < 4.78 is 0. The van der Waals surface area contributed by atoms with Gasteiger partial charge in [0, 0.05) is 12.7 Å². The zero-order valence-electron chi connectivity index (χ0n) is 14.0. The summed E-state index contributed by atoms with van der Waals surface area (Å²) in [7, 11) is 1.70. The fourth-order valence-electron chi connectivity index (χ4n) is 2.37. The summed E-state index contributed by atoms with van der Waals surface area (Å²) in [4.78, 5) is 26.8. The van der Waals surface area contributed by atoms with Crippen molar-refractivity contribution in [2.45, 2.75) is 19.9 Å². The highest BCUT2D eigenvalue weighted by molar-refractivity contribution is 6.33. The minimum atomic E-state index is -0.640. The topological polar surface area (TPSA) is 49.4 Å². The molecule has 1 N–H and O–H groups in total. The normalized spacial score (nSPS) is 11.9. The van der Waals surface area contributed by atoms with Crippen LogP contribution in [0.2, 0.25) is 5.02 Å². The number of carbonyl (C=O) groups excluding carboxylic acids is 2. The van der Waals surface area contributed by atoms with Gasteiger partial charge in [0.15, 0.2) is 0 Å². The van der Waals surface area contributed by atoms with Crippen LogP contribution in [-0.2, 0) is 4.79 Å². The molecule has 5 heteroatoms. The van der Waals surface area contributed by atoms with Gasteiger partial charge in [-0.15, -0.1) is 0 Å². The smallest absolute Gasteiger partial charge is 0.253 e. The van der Waals surface area contributed by atoms with E-state index >= 15 is 0 Å². The number of likely N-dealkylation sites (N-methyl/N-ethyl adjacent to an activating group) is 1. The lowest BCUT2D eigenvalue weighted by molar-refractivity contribution is -0.121. The number of nitrogens with zero attached hydrogens (tertiary/aromatic N) is 1. The van der Waals surface area contributed by atoms with Gasteiger partial charge in [-0.05, 0) is 30.2 Å². The highest BCUT2D eigenvalue weighted by Gasteiger charge is 2.28. The van der Waals surface area contributed by atoms with Crippen LogP contribution in [0.3, 0.4) is 0 Å². The maximum absolute atomic E-state index is 12.8. The van der Waals surface area contributed by atoms with E-state index in [-0.39, 0.29) is 17.7 Å². The Morgan fingerprint density at radius 2 is 1.58 bits per heavy atom. The van der Waals surface area contributed by atoms with Gasteiger partial charge in [-0.25, -0.2) is 0 Å². The van der Waals surface area contributed by atoms with Gasteiger partial charge in [-0.2, -0.15) is 0 Å². The first-order chi connectivity index (χ1) is 11.4. The molecule has 1 unspecified atom stereocenters. The Hall–Kier alpha value is -2.33. The Balaban J connectivity index is 2.19. The van der Waals surface area contributed by atoms with Gasteiger partial charge >= 0.3 is 0 Å². The van der Waals surface area contributed by atoms with Gasteiger partial charge < -0.3 is 10.2 Å². The van der Waals surface area contributed by atoms with Gasteiger partial charge in [0.05, 0.1) is 10.6 Å². The van der Waals surface area contributed by atoms with Crippen molar-refractivity contribution in [2.24, 2.45) is 5.92 Å². The fourth-order valence-corrected chi connectivity index (χ4v) is 2.59. The van der Waals surface area contributed by atoms with Crippen LogP contribution in [0.25, 0.3) is 0 Å². The lowest BCUT2D eigenvalue weighted by Crippen LogP contribution is -2.50. The minimum absolute atomic E-state index is 0.0601. The van der Waals surface area contributed by atoms with Gasteiger partial charge in [-0.1, -0.05) is 55.8 Å². The molecule has 0 spiro atoms. The van der Waals surface area contributed by atoms with Gasteiger partial charge in [0.2, 0.25) is 5.91 Å². The van der Waals surface area contributed by atoms with E-state index in [0.29, 0.717) is 10.6 Å². The molecular weight excluding hydrogens is 324 g/mol. The largest absolute Gasteiger partial charge is 0.340 e. The third kappa shape index (κ3) is 4.15. The molecule has 0 aromatic heterocycles. The molecule has 2 aromatic rings. The number of carbonyl (C=O) groups is 2. The van der Waals surface area contributed by atoms with E-state index in [2.05, 4.69) is 5.32 Å². The van der Waals surface area contributed by atoms with Crippen molar-refractivity contribution >= 4 is 29.1 Å². The Bertz CT molecular complexity index is 716. The molecule has 4 nitrogen and oxygen atoms in total. The molecule has 126 valence electrons. The van der Waals surface area contributed by atoms with E-state index in [0.717, 1.165) is 5.69 Å². The number of amides is 2. The van der Waals surface area contributed by atoms with Crippen molar-refractivity contribution < 1.29 is 9.59 Å². The number of halogens is 1. The molecule has 0 heterocycles. The number of rotatable bonds is 5. The van der Waals surface area contributed by atoms with Crippen LogP contribution in [-0.4, -0.2) is 24.9 Å². The lowest BCUT2D eigenvalue weighted by Gasteiger charge is -2.27. The number of para-hydroxylation sites is 1. The van der Waals surface area contributed by atoms with Crippen molar-refractivity contribution in [1.82, 2.24) is 5.32 Å². The molecule has 1 atom stereocenters. The van der Waals surface area contributed by atoms with Crippen LogP contribution in [0.4, 0.5) is 5.69 Å². The van der Waals surface area contributed by atoms with Crippen LogP contribution in [0.15, 0.2) is 54.6 Å². The summed E-state index contributed by atoms with van der Waals surface area (Å²) in [6, 6.07) is 15.5. The first kappa shape index (κ1) is 18.0. The Morgan fingerprint density at radius 3 is 2.17 bits per heavy atom. The van der Waals surface area contributed by atoms with E-state index in [1.54, 1.807) is 36.2 Å². The Labute approximate surface area is 147 Å². The third-order valence-electron chi connectivity index (χ3n) is 3.81. The second-order valence-corrected chi connectivity index (χ2v) is 6.31. The average molecular weight is 345 g/mol. The van der Waals surface area contributed by atoms with E-state index in [4.69, 9.17) is 11.6 Å². The number of hydrogen-bond donors (Lipinski definition) is 1. The predicted octanol–water partition coefficient (Wildman–Crippen LogP) is 3.76. The highest BCUT2D eigenvalue weighted by Crippen LogP contribution is 2.18. The molecular formula is C19H21ClN2O2. The molecule has 0 saturated heterocycles. The maximum Gasteiger partial charge on any atom is 0.253 e. The first-order valence-electron chi connectivity index (χ1n) is 7.80. The minimum Gasteiger partial charge on any atom is -0.340 e. The van der Waals surface area contributed by atoms with Gasteiger partial charge in [0.25, 0.3) is 5.91 Å². The van der Waals surface area contributed by atoms with Crippen LogP contribution in [0, 0.1) is 5.92 Å². The zero-order chi connectivity index (χ0) is 17.7. The molecule has 0 fully saturated rings. The van der Waals surface area contributed by atoms with Gasteiger partial charge in [-0.3, -0.25) is 9.59 Å². The number of anilines is 1. The molecule has 2 amide bonds. The van der Waals surface area contributed by atoms with E-state index < -0.39 is 6.04 Å². The molecule has 0 radical (unpaired) electrons. The predicted molar refractivity (Wildman–Crippen MR) is 97.4 cm³/mol.